The first-order chi connectivity index (χ1) is 10.5. The van der Waals surface area contributed by atoms with Crippen LogP contribution in [-0.4, -0.2) is 93.9 Å². The van der Waals surface area contributed by atoms with Crippen molar-refractivity contribution in [1.82, 2.24) is 19.6 Å². The normalized spacial score (nSPS) is 40.8. The number of amides is 6. The maximum absolute atomic E-state index is 12.7. The van der Waals surface area contributed by atoms with Gasteiger partial charge in [-0.1, -0.05) is 0 Å². The molecule has 0 radical (unpaired) electrons. The Morgan fingerprint density at radius 3 is 1.39 bits per heavy atom. The van der Waals surface area contributed by atoms with Crippen molar-refractivity contribution in [3.63, 3.8) is 0 Å². The molecule has 0 aliphatic carbocycles. The predicted molar refractivity (Wildman–Crippen MR) is 77.7 cm³/mol. The number of urea groups is 2. The minimum Gasteiger partial charge on any atom is -0.330 e. The zero-order valence-electron chi connectivity index (χ0n) is 12.7. The van der Waals surface area contributed by atoms with E-state index in [0.29, 0.717) is 0 Å². The summed E-state index contributed by atoms with van der Waals surface area (Å²) in [6, 6.07) is -1.30. The van der Waals surface area contributed by atoms with Gasteiger partial charge in [0.15, 0.2) is 12.5 Å². The standard InChI is InChI=1S/C12H14Cl2N4O5/c1-15-5(19)11(13)7(17(3)9(15)21)23-8-12(11,14)6(20)16(2)10(22)18(8)4/h7-8H,1-4H3. The fourth-order valence-electron chi connectivity index (χ4n) is 3.24. The van der Waals surface area contributed by atoms with E-state index in [2.05, 4.69) is 0 Å². The highest BCUT2D eigenvalue weighted by atomic mass is 35.5. The van der Waals surface area contributed by atoms with Crippen molar-refractivity contribution >= 4 is 47.1 Å². The van der Waals surface area contributed by atoms with Crippen LogP contribution in [0.5, 0.6) is 0 Å². The van der Waals surface area contributed by atoms with Crippen LogP contribution in [0.4, 0.5) is 9.59 Å². The topological polar surface area (TPSA) is 90.5 Å². The highest BCUT2D eigenvalue weighted by Crippen LogP contribution is 2.55. The summed E-state index contributed by atoms with van der Waals surface area (Å²) in [5, 5.41) is 0. The molecule has 3 fully saturated rings. The maximum atomic E-state index is 12.7. The molecule has 0 spiro atoms. The van der Waals surface area contributed by atoms with Crippen LogP contribution in [0.2, 0.25) is 0 Å². The minimum atomic E-state index is -2.06. The number of hydrogen-bond acceptors (Lipinski definition) is 5. The van der Waals surface area contributed by atoms with Crippen molar-refractivity contribution in [3.8, 4) is 0 Å². The summed E-state index contributed by atoms with van der Waals surface area (Å²) in [6.07, 6.45) is -2.57. The average Bonchev–Trinajstić information content (AvgIpc) is 2.78. The van der Waals surface area contributed by atoms with Crippen LogP contribution in [0, 0.1) is 0 Å². The van der Waals surface area contributed by atoms with Crippen molar-refractivity contribution in [2.75, 3.05) is 28.2 Å². The third kappa shape index (κ3) is 1.52. The van der Waals surface area contributed by atoms with E-state index in [1.165, 1.54) is 28.2 Å². The maximum Gasteiger partial charge on any atom is 0.328 e. The highest BCUT2D eigenvalue weighted by Gasteiger charge is 2.80. The lowest BCUT2D eigenvalue weighted by Gasteiger charge is -2.48. The van der Waals surface area contributed by atoms with Gasteiger partial charge in [0.1, 0.15) is 0 Å². The van der Waals surface area contributed by atoms with Crippen LogP contribution >= 0.6 is 23.2 Å². The van der Waals surface area contributed by atoms with Crippen LogP contribution in [0.15, 0.2) is 0 Å². The lowest BCUT2D eigenvalue weighted by atomic mass is 9.84. The number of halogens is 2. The zero-order valence-corrected chi connectivity index (χ0v) is 14.3. The van der Waals surface area contributed by atoms with Gasteiger partial charge in [0.05, 0.1) is 0 Å². The number of carbonyl (C=O) groups is 4. The Kier molecular flexibility index (Phi) is 3.18. The molecule has 3 aliphatic heterocycles. The van der Waals surface area contributed by atoms with E-state index < -0.39 is 46.1 Å². The molecule has 0 aromatic rings. The van der Waals surface area contributed by atoms with E-state index in [-0.39, 0.29) is 0 Å². The summed E-state index contributed by atoms with van der Waals surface area (Å²) >= 11 is 13.1. The van der Waals surface area contributed by atoms with Gasteiger partial charge >= 0.3 is 12.1 Å². The second kappa shape index (κ2) is 4.49. The number of rotatable bonds is 0. The molecule has 0 bridgehead atoms. The van der Waals surface area contributed by atoms with E-state index in [4.69, 9.17) is 27.9 Å². The van der Waals surface area contributed by atoms with Crippen LogP contribution in [0.1, 0.15) is 0 Å². The van der Waals surface area contributed by atoms with E-state index in [0.717, 1.165) is 19.6 Å². The fraction of sp³-hybridized carbons (Fsp3) is 0.667. The van der Waals surface area contributed by atoms with Crippen molar-refractivity contribution in [2.24, 2.45) is 0 Å². The first kappa shape index (κ1) is 16.3. The molecule has 126 valence electrons. The average molecular weight is 365 g/mol. The van der Waals surface area contributed by atoms with Crippen molar-refractivity contribution in [1.29, 1.82) is 0 Å². The molecule has 9 nitrogen and oxygen atoms in total. The summed E-state index contributed by atoms with van der Waals surface area (Å²) < 4.78 is 5.63. The zero-order chi connectivity index (χ0) is 17.5. The number of imide groups is 2. The Hall–Kier alpha value is -1.58. The molecule has 0 aromatic heterocycles. The molecule has 11 heteroatoms. The molecule has 0 saturated carbocycles. The molecule has 3 saturated heterocycles. The molecule has 3 rings (SSSR count). The first-order valence-corrected chi connectivity index (χ1v) is 7.40. The van der Waals surface area contributed by atoms with Crippen LogP contribution in [-0.2, 0) is 14.3 Å². The van der Waals surface area contributed by atoms with Gasteiger partial charge in [0.2, 0.25) is 9.75 Å². The summed E-state index contributed by atoms with van der Waals surface area (Å²) in [5.74, 6) is -1.71. The monoisotopic (exact) mass is 364 g/mol. The second-order valence-electron chi connectivity index (χ2n) is 5.78. The molecule has 4 atom stereocenters. The van der Waals surface area contributed by atoms with E-state index in [1.807, 2.05) is 0 Å². The van der Waals surface area contributed by atoms with E-state index in [1.54, 1.807) is 0 Å². The molecular formula is C12H14Cl2N4O5. The third-order valence-electron chi connectivity index (χ3n) is 4.58. The molecule has 0 N–H and O–H groups in total. The number of carbonyl (C=O) groups excluding carboxylic acids is 4. The van der Waals surface area contributed by atoms with Gasteiger partial charge in [-0.2, -0.15) is 0 Å². The molecule has 3 aliphatic rings. The van der Waals surface area contributed by atoms with Gasteiger partial charge in [0, 0.05) is 28.2 Å². The lowest BCUT2D eigenvalue weighted by Crippen LogP contribution is -2.76. The number of nitrogens with zero attached hydrogens (tertiary/aromatic N) is 4. The van der Waals surface area contributed by atoms with Gasteiger partial charge in [-0.05, 0) is 0 Å². The quantitative estimate of drug-likeness (QED) is 0.549. The lowest BCUT2D eigenvalue weighted by molar-refractivity contribution is -0.143. The van der Waals surface area contributed by atoms with Gasteiger partial charge < -0.3 is 4.74 Å². The summed E-state index contributed by atoms with van der Waals surface area (Å²) in [5.41, 5.74) is 0. The number of ether oxygens (including phenoxy) is 1. The number of hydrogen-bond donors (Lipinski definition) is 0. The number of alkyl halides is 2. The van der Waals surface area contributed by atoms with Gasteiger partial charge in [-0.15, -0.1) is 23.2 Å². The molecule has 4 unspecified atom stereocenters. The SMILES string of the molecule is CN1C(=O)N(C)C2OC3N(C)C(=O)N(C)C(=O)C3(Cl)C2(Cl)C1=O. The first-order valence-electron chi connectivity index (χ1n) is 6.64. The molecule has 6 amide bonds. The molecular weight excluding hydrogens is 351 g/mol. The number of fused-ring (bicyclic) bond motifs is 3. The summed E-state index contributed by atoms with van der Waals surface area (Å²) in [6.45, 7) is 0. The smallest absolute Gasteiger partial charge is 0.328 e. The van der Waals surface area contributed by atoms with Crippen LogP contribution < -0.4 is 0 Å². The Morgan fingerprint density at radius 2 is 1.09 bits per heavy atom. The minimum absolute atomic E-state index is 0.648. The van der Waals surface area contributed by atoms with E-state index >= 15 is 0 Å². The Labute approximate surface area is 141 Å². The van der Waals surface area contributed by atoms with Crippen molar-refractivity contribution in [3.05, 3.63) is 0 Å². The Bertz CT molecular complexity index is 605. The van der Waals surface area contributed by atoms with Crippen LogP contribution in [0.3, 0.4) is 0 Å². The van der Waals surface area contributed by atoms with Gasteiger partial charge in [0.25, 0.3) is 11.8 Å². The van der Waals surface area contributed by atoms with Gasteiger partial charge in [-0.25, -0.2) is 9.59 Å². The van der Waals surface area contributed by atoms with Crippen LogP contribution in [0.25, 0.3) is 0 Å². The molecule has 3 heterocycles. The molecule has 0 aromatic carbocycles. The molecule has 23 heavy (non-hydrogen) atoms. The fourth-order valence-corrected chi connectivity index (χ4v) is 4.24. The van der Waals surface area contributed by atoms with Gasteiger partial charge in [-0.3, -0.25) is 29.2 Å². The highest BCUT2D eigenvalue weighted by molar-refractivity contribution is 6.51. The predicted octanol–water partition coefficient (Wildman–Crippen LogP) is -0.328. The summed E-state index contributed by atoms with van der Waals surface area (Å²) in [4.78, 5) is 49.2. The second-order valence-corrected chi connectivity index (χ2v) is 6.97. The van der Waals surface area contributed by atoms with Crippen molar-refractivity contribution in [2.45, 2.75) is 22.2 Å². The van der Waals surface area contributed by atoms with Crippen molar-refractivity contribution < 1.29 is 23.9 Å². The van der Waals surface area contributed by atoms with E-state index in [9.17, 15) is 19.2 Å². The largest absolute Gasteiger partial charge is 0.330 e. The Morgan fingerprint density at radius 1 is 0.783 bits per heavy atom. The summed E-state index contributed by atoms with van der Waals surface area (Å²) in [7, 11) is 5.23. The Balaban J connectivity index is 2.22. The third-order valence-corrected chi connectivity index (χ3v) is 5.97.